The van der Waals surface area contributed by atoms with E-state index in [9.17, 15) is 10.1 Å². The van der Waals surface area contributed by atoms with Gasteiger partial charge in [-0.15, -0.1) is 0 Å². The number of nitrogens with zero attached hydrogens (tertiary/aromatic N) is 3. The first-order valence-corrected chi connectivity index (χ1v) is 12.5. The number of aromatic nitrogens is 1. The first kappa shape index (κ1) is 18.2. The van der Waals surface area contributed by atoms with E-state index in [0.29, 0.717) is 69.2 Å². The van der Waals surface area contributed by atoms with Crippen LogP contribution in [-0.4, -0.2) is 61.1 Å². The number of aryl methyl sites for hydroxylation is 1. The summed E-state index contributed by atoms with van der Waals surface area (Å²) in [5, 5.41) is 10.0. The largest absolute Gasteiger partial charge is 0.379 e. The van der Waals surface area contributed by atoms with Crippen LogP contribution in [0.15, 0.2) is 30.3 Å². The van der Waals surface area contributed by atoms with Crippen molar-refractivity contribution in [1.82, 2.24) is 9.88 Å². The van der Waals surface area contributed by atoms with Gasteiger partial charge >= 0.3 is 0 Å². The molecule has 2 aromatic carbocycles. The standard InChI is InChI=1S/C30H34N4O2/c1-4-20-16-23-24(17-26(20)34-9-7-21(8-10-34)33-11-13-36-14-12-33)30(2,3)29-27(28(23)35)22-6-5-19(18-31)15-25(22)32-29/h5-6,15-17,21,32H,4,7-14H2,1-3H3/i1D,2D,3D,4D2. The third kappa shape index (κ3) is 3.56. The summed E-state index contributed by atoms with van der Waals surface area (Å²) < 4.78 is 48.3. The molecule has 3 aromatic rings. The van der Waals surface area contributed by atoms with Gasteiger partial charge in [-0.1, -0.05) is 26.8 Å². The number of fused-ring (bicyclic) bond motifs is 4. The van der Waals surface area contributed by atoms with Crippen LogP contribution in [0, 0.1) is 11.3 Å². The van der Waals surface area contributed by atoms with E-state index in [4.69, 9.17) is 11.6 Å². The van der Waals surface area contributed by atoms with Gasteiger partial charge in [0.2, 0.25) is 0 Å². The van der Waals surface area contributed by atoms with Crippen LogP contribution in [0.2, 0.25) is 0 Å². The summed E-state index contributed by atoms with van der Waals surface area (Å²) in [6.07, 6.45) is -0.165. The van der Waals surface area contributed by atoms with Gasteiger partial charge in [-0.05, 0) is 54.6 Å². The van der Waals surface area contributed by atoms with E-state index in [1.54, 1.807) is 24.3 Å². The average molecular weight is 488 g/mol. The summed E-state index contributed by atoms with van der Waals surface area (Å²) in [7, 11) is 0. The lowest BCUT2D eigenvalue weighted by atomic mass is 9.70. The van der Waals surface area contributed by atoms with E-state index < -0.39 is 18.7 Å². The summed E-state index contributed by atoms with van der Waals surface area (Å²) in [5.41, 5.74) is 2.62. The molecule has 0 spiro atoms. The summed E-state index contributed by atoms with van der Waals surface area (Å²) in [6, 6.07) is 11.0. The topological polar surface area (TPSA) is 72.4 Å². The second-order valence-electron chi connectivity index (χ2n) is 10.1. The molecule has 6 heteroatoms. The Morgan fingerprint density at radius 1 is 1.19 bits per heavy atom. The van der Waals surface area contributed by atoms with Crippen molar-refractivity contribution in [3.63, 3.8) is 0 Å². The number of H-pyrrole nitrogens is 1. The normalized spacial score (nSPS) is 22.6. The van der Waals surface area contributed by atoms with Gasteiger partial charge in [-0.2, -0.15) is 5.26 Å². The Morgan fingerprint density at radius 2 is 2.00 bits per heavy atom. The highest BCUT2D eigenvalue weighted by Gasteiger charge is 2.40. The summed E-state index contributed by atoms with van der Waals surface area (Å²) in [6.45, 7) is 3.88. The number of piperidine rings is 1. The average Bonchev–Trinajstić information content (AvgIpc) is 3.41. The van der Waals surface area contributed by atoms with Crippen molar-refractivity contribution in [2.45, 2.75) is 51.4 Å². The molecule has 2 saturated heterocycles. The van der Waals surface area contributed by atoms with Gasteiger partial charge in [0, 0.05) is 72.3 Å². The Hall–Kier alpha value is -3.14. The van der Waals surface area contributed by atoms with Gasteiger partial charge < -0.3 is 14.6 Å². The molecular formula is C30H34N4O2. The Labute approximate surface area is 219 Å². The fraction of sp³-hybridized carbons (Fsp3) is 0.467. The van der Waals surface area contributed by atoms with Crippen molar-refractivity contribution < 1.29 is 16.4 Å². The van der Waals surface area contributed by atoms with Gasteiger partial charge in [0.1, 0.15) is 0 Å². The number of carbonyl (C=O) groups excluding carboxylic acids is 1. The van der Waals surface area contributed by atoms with Crippen molar-refractivity contribution in [3.8, 4) is 6.07 Å². The Kier molecular flexibility index (Phi) is 4.42. The number of hydrogen-bond acceptors (Lipinski definition) is 5. The second-order valence-corrected chi connectivity index (χ2v) is 10.1. The molecule has 6 nitrogen and oxygen atoms in total. The minimum Gasteiger partial charge on any atom is -0.379 e. The third-order valence-corrected chi connectivity index (χ3v) is 8.09. The van der Waals surface area contributed by atoms with E-state index in [2.05, 4.69) is 20.9 Å². The van der Waals surface area contributed by atoms with Crippen LogP contribution in [0.4, 0.5) is 5.69 Å². The molecule has 1 aromatic heterocycles. The molecular weight excluding hydrogens is 448 g/mol. The summed E-state index contributed by atoms with van der Waals surface area (Å²) in [5.74, 6) is -0.289. The molecule has 0 atom stereocenters. The van der Waals surface area contributed by atoms with E-state index in [0.717, 1.165) is 39.1 Å². The zero-order valence-corrected chi connectivity index (χ0v) is 20.4. The number of ether oxygens (including phenoxy) is 1. The zero-order chi connectivity index (χ0) is 28.9. The van der Waals surface area contributed by atoms with E-state index in [1.807, 2.05) is 6.07 Å². The molecule has 0 radical (unpaired) electrons. The molecule has 3 heterocycles. The molecule has 186 valence electrons. The van der Waals surface area contributed by atoms with Crippen LogP contribution in [-0.2, 0) is 16.5 Å². The molecule has 2 aliphatic heterocycles. The summed E-state index contributed by atoms with van der Waals surface area (Å²) in [4.78, 5) is 22.1. The van der Waals surface area contributed by atoms with Gasteiger partial charge in [-0.3, -0.25) is 9.69 Å². The number of aromatic amines is 1. The molecule has 0 saturated carbocycles. The first-order chi connectivity index (χ1) is 19.8. The van der Waals surface area contributed by atoms with Gasteiger partial charge in [0.05, 0.1) is 30.4 Å². The number of carbonyl (C=O) groups is 1. The zero-order valence-electron chi connectivity index (χ0n) is 25.4. The Morgan fingerprint density at radius 3 is 2.72 bits per heavy atom. The molecule has 1 N–H and O–H groups in total. The monoisotopic (exact) mass is 487 g/mol. The van der Waals surface area contributed by atoms with Crippen molar-refractivity contribution in [2.24, 2.45) is 0 Å². The number of morpholine rings is 1. The van der Waals surface area contributed by atoms with E-state index >= 15 is 0 Å². The van der Waals surface area contributed by atoms with Gasteiger partial charge in [0.15, 0.2) is 5.78 Å². The number of ketones is 1. The highest BCUT2D eigenvalue weighted by atomic mass is 16.5. The first-order valence-electron chi connectivity index (χ1n) is 15.6. The molecule has 1 aliphatic carbocycles. The number of benzene rings is 2. The van der Waals surface area contributed by atoms with Crippen molar-refractivity contribution >= 4 is 22.4 Å². The fourth-order valence-electron chi connectivity index (χ4n) is 6.12. The predicted octanol–water partition coefficient (Wildman–Crippen LogP) is 4.77. The lowest BCUT2D eigenvalue weighted by Crippen LogP contribution is -2.49. The molecule has 2 fully saturated rings. The molecule has 0 bridgehead atoms. The van der Waals surface area contributed by atoms with Crippen LogP contribution >= 0.6 is 0 Å². The minimum atomic E-state index is -1.99. The minimum absolute atomic E-state index is 0.176. The molecule has 0 unspecified atom stereocenters. The highest BCUT2D eigenvalue weighted by molar-refractivity contribution is 6.20. The van der Waals surface area contributed by atoms with Gasteiger partial charge in [0.25, 0.3) is 0 Å². The maximum atomic E-state index is 14.1. The van der Waals surface area contributed by atoms with Crippen LogP contribution in [0.25, 0.3) is 10.9 Å². The van der Waals surface area contributed by atoms with E-state index in [-0.39, 0.29) is 19.6 Å². The predicted molar refractivity (Wildman–Crippen MR) is 142 cm³/mol. The van der Waals surface area contributed by atoms with E-state index in [1.165, 1.54) is 0 Å². The van der Waals surface area contributed by atoms with Crippen molar-refractivity contribution in [1.29, 1.82) is 5.26 Å². The Bertz CT molecular complexity index is 1530. The number of hydrogen-bond donors (Lipinski definition) is 1. The maximum Gasteiger partial charge on any atom is 0.195 e. The number of nitrogens with one attached hydrogen (secondary N) is 1. The summed E-state index contributed by atoms with van der Waals surface area (Å²) >= 11 is 0. The lowest BCUT2D eigenvalue weighted by molar-refractivity contribution is 0.0115. The van der Waals surface area contributed by atoms with Crippen molar-refractivity contribution in [3.05, 3.63) is 63.8 Å². The molecule has 36 heavy (non-hydrogen) atoms. The van der Waals surface area contributed by atoms with Crippen LogP contribution < -0.4 is 4.90 Å². The molecule has 3 aliphatic rings. The van der Waals surface area contributed by atoms with Crippen LogP contribution in [0.5, 0.6) is 0 Å². The lowest BCUT2D eigenvalue weighted by Gasteiger charge is -2.42. The molecule has 0 amide bonds. The van der Waals surface area contributed by atoms with Gasteiger partial charge in [-0.25, -0.2) is 0 Å². The molecule has 6 rings (SSSR count). The number of anilines is 1. The fourth-order valence-corrected chi connectivity index (χ4v) is 6.12. The second kappa shape index (κ2) is 8.76. The number of nitriles is 1. The van der Waals surface area contributed by atoms with Crippen LogP contribution in [0.3, 0.4) is 0 Å². The van der Waals surface area contributed by atoms with Crippen LogP contribution in [0.1, 0.15) is 78.7 Å². The highest BCUT2D eigenvalue weighted by Crippen LogP contribution is 2.46. The van der Waals surface area contributed by atoms with Crippen molar-refractivity contribution in [2.75, 3.05) is 44.3 Å². The number of rotatable bonds is 3. The SMILES string of the molecule is [2H]CC([2H])([2H])c1cc2c(cc1N1CCC(N3CCOCC3)CC1)C(C[2H])(C[2H])c1[nH]c3cc(C#N)ccc3c1C2=O. The Balaban J connectivity index is 1.48. The maximum absolute atomic E-state index is 14.1. The smallest absolute Gasteiger partial charge is 0.195 e. The quantitative estimate of drug-likeness (QED) is 0.576. The third-order valence-electron chi connectivity index (χ3n) is 8.09.